The van der Waals surface area contributed by atoms with E-state index in [2.05, 4.69) is 15.0 Å². The average molecular weight is 420 g/mol. The van der Waals surface area contributed by atoms with Gasteiger partial charge in [-0.25, -0.2) is 17.8 Å². The lowest BCUT2D eigenvalue weighted by Gasteiger charge is -2.13. The Morgan fingerprint density at radius 1 is 1.11 bits per heavy atom. The zero-order valence-corrected chi connectivity index (χ0v) is 16.2. The van der Waals surface area contributed by atoms with Crippen molar-refractivity contribution in [3.8, 4) is 0 Å². The number of sulfonamides is 1. The van der Waals surface area contributed by atoms with Crippen LogP contribution in [0, 0.1) is 12.7 Å². The van der Waals surface area contributed by atoms with Crippen LogP contribution in [0.3, 0.4) is 0 Å². The van der Waals surface area contributed by atoms with Crippen LogP contribution in [0.1, 0.15) is 15.9 Å². The maximum atomic E-state index is 13.8. The first kappa shape index (κ1) is 19.8. The monoisotopic (exact) mass is 419 g/mol. The first-order chi connectivity index (χ1) is 13.3. The van der Waals surface area contributed by atoms with Gasteiger partial charge in [0.15, 0.2) is 0 Å². The van der Waals surface area contributed by atoms with Gasteiger partial charge in [-0.2, -0.15) is 0 Å². The molecule has 0 spiro atoms. The van der Waals surface area contributed by atoms with Crippen LogP contribution >= 0.6 is 11.6 Å². The van der Waals surface area contributed by atoms with Gasteiger partial charge in [-0.05, 0) is 48.9 Å². The summed E-state index contributed by atoms with van der Waals surface area (Å²) in [5.74, 6) is -1.17. The number of amides is 1. The third-order valence-corrected chi connectivity index (χ3v) is 5.56. The molecule has 1 heterocycles. The van der Waals surface area contributed by atoms with Crippen molar-refractivity contribution in [1.82, 2.24) is 4.98 Å². The second kappa shape index (κ2) is 7.95. The van der Waals surface area contributed by atoms with E-state index in [1.54, 1.807) is 19.1 Å². The molecule has 144 valence electrons. The molecule has 1 aromatic heterocycles. The number of nitrogens with one attached hydrogen (secondary N) is 2. The minimum Gasteiger partial charge on any atom is -0.322 e. The number of para-hydroxylation sites is 1. The molecule has 9 heteroatoms. The van der Waals surface area contributed by atoms with E-state index in [0.717, 1.165) is 6.07 Å². The summed E-state index contributed by atoms with van der Waals surface area (Å²) in [6.45, 7) is 1.60. The summed E-state index contributed by atoms with van der Waals surface area (Å²) in [7, 11) is -4.07. The van der Waals surface area contributed by atoms with E-state index in [1.165, 1.54) is 42.6 Å². The Bertz CT molecular complexity index is 1150. The van der Waals surface area contributed by atoms with Gasteiger partial charge in [-0.3, -0.25) is 9.52 Å². The summed E-state index contributed by atoms with van der Waals surface area (Å²) >= 11 is 5.78. The number of benzene rings is 2. The first-order valence-corrected chi connectivity index (χ1v) is 9.93. The Balaban J connectivity index is 1.89. The Hall–Kier alpha value is -2.97. The number of carbonyl (C=O) groups excluding carboxylic acids is 1. The molecular weight excluding hydrogens is 405 g/mol. The van der Waals surface area contributed by atoms with Crippen LogP contribution in [0.4, 0.5) is 15.8 Å². The SMILES string of the molecule is Cc1ccc(NC(=O)c2ccnc(Cl)c2)cc1S(=O)(=O)Nc1ccccc1F. The third-order valence-electron chi connectivity index (χ3n) is 3.84. The number of pyridine rings is 1. The van der Waals surface area contributed by atoms with Crippen molar-refractivity contribution < 1.29 is 17.6 Å². The molecule has 0 aliphatic carbocycles. The normalized spacial score (nSPS) is 11.1. The summed E-state index contributed by atoms with van der Waals surface area (Å²) in [4.78, 5) is 16.1. The molecule has 2 N–H and O–H groups in total. The Labute approximate surface area is 166 Å². The second-order valence-electron chi connectivity index (χ2n) is 5.89. The molecule has 3 aromatic rings. The lowest BCUT2D eigenvalue weighted by molar-refractivity contribution is 0.102. The molecule has 0 saturated heterocycles. The van der Waals surface area contributed by atoms with Crippen LogP contribution in [0.2, 0.25) is 5.15 Å². The number of halogens is 2. The van der Waals surface area contributed by atoms with E-state index in [1.807, 2.05) is 0 Å². The number of rotatable bonds is 5. The predicted octanol–water partition coefficient (Wildman–Crippen LogP) is 4.24. The largest absolute Gasteiger partial charge is 0.322 e. The Morgan fingerprint density at radius 2 is 1.86 bits per heavy atom. The van der Waals surface area contributed by atoms with Gasteiger partial charge in [0.05, 0.1) is 10.6 Å². The maximum Gasteiger partial charge on any atom is 0.262 e. The fourth-order valence-corrected chi connectivity index (χ4v) is 3.97. The number of anilines is 2. The highest BCUT2D eigenvalue weighted by molar-refractivity contribution is 7.92. The number of nitrogens with zero attached hydrogens (tertiary/aromatic N) is 1. The van der Waals surface area contributed by atoms with Gasteiger partial charge in [0.2, 0.25) is 0 Å². The molecule has 0 unspecified atom stereocenters. The molecule has 6 nitrogen and oxygen atoms in total. The summed E-state index contributed by atoms with van der Waals surface area (Å²) in [6, 6.07) is 12.7. The highest BCUT2D eigenvalue weighted by atomic mass is 35.5. The zero-order valence-electron chi connectivity index (χ0n) is 14.6. The van der Waals surface area contributed by atoms with E-state index in [9.17, 15) is 17.6 Å². The van der Waals surface area contributed by atoms with Crippen LogP contribution < -0.4 is 10.0 Å². The highest BCUT2D eigenvalue weighted by Crippen LogP contribution is 2.24. The van der Waals surface area contributed by atoms with E-state index in [-0.39, 0.29) is 27.0 Å². The summed E-state index contributed by atoms with van der Waals surface area (Å²) in [5.41, 5.74) is 0.809. The van der Waals surface area contributed by atoms with Crippen molar-refractivity contribution in [2.24, 2.45) is 0 Å². The predicted molar refractivity (Wildman–Crippen MR) is 106 cm³/mol. The number of carbonyl (C=O) groups is 1. The number of aromatic nitrogens is 1. The molecule has 0 atom stereocenters. The number of aryl methyl sites for hydroxylation is 1. The third kappa shape index (κ3) is 4.47. The quantitative estimate of drug-likeness (QED) is 0.605. The molecular formula is C19H15ClFN3O3S. The summed E-state index contributed by atoms with van der Waals surface area (Å²) in [5, 5.41) is 2.77. The fourth-order valence-electron chi connectivity index (χ4n) is 2.46. The van der Waals surface area contributed by atoms with Crippen molar-refractivity contribution in [1.29, 1.82) is 0 Å². The van der Waals surface area contributed by atoms with E-state index in [4.69, 9.17) is 11.6 Å². The van der Waals surface area contributed by atoms with Crippen LogP contribution in [-0.4, -0.2) is 19.3 Å². The van der Waals surface area contributed by atoms with Gasteiger partial charge < -0.3 is 5.32 Å². The smallest absolute Gasteiger partial charge is 0.262 e. The van der Waals surface area contributed by atoms with Crippen molar-refractivity contribution in [3.63, 3.8) is 0 Å². The summed E-state index contributed by atoms with van der Waals surface area (Å²) < 4.78 is 41.5. The average Bonchev–Trinajstić information content (AvgIpc) is 2.65. The molecule has 3 rings (SSSR count). The topological polar surface area (TPSA) is 88.2 Å². The fraction of sp³-hybridized carbons (Fsp3) is 0.0526. The van der Waals surface area contributed by atoms with E-state index >= 15 is 0 Å². The molecule has 28 heavy (non-hydrogen) atoms. The van der Waals surface area contributed by atoms with Crippen LogP contribution in [0.15, 0.2) is 65.7 Å². The minimum atomic E-state index is -4.07. The first-order valence-electron chi connectivity index (χ1n) is 8.07. The molecule has 2 aromatic carbocycles. The molecule has 0 fully saturated rings. The minimum absolute atomic E-state index is 0.0821. The summed E-state index contributed by atoms with van der Waals surface area (Å²) in [6.07, 6.45) is 1.39. The molecule has 0 bridgehead atoms. The van der Waals surface area contributed by atoms with Gasteiger partial charge in [-0.15, -0.1) is 0 Å². The van der Waals surface area contributed by atoms with Gasteiger partial charge in [0.25, 0.3) is 15.9 Å². The lowest BCUT2D eigenvalue weighted by atomic mass is 10.2. The van der Waals surface area contributed by atoms with Crippen molar-refractivity contribution in [3.05, 3.63) is 82.9 Å². The van der Waals surface area contributed by atoms with E-state index in [0.29, 0.717) is 5.56 Å². The van der Waals surface area contributed by atoms with Crippen LogP contribution in [0.5, 0.6) is 0 Å². The zero-order chi connectivity index (χ0) is 20.3. The molecule has 0 saturated carbocycles. The van der Waals surface area contributed by atoms with Gasteiger partial charge in [-0.1, -0.05) is 29.8 Å². The number of hydrogen-bond acceptors (Lipinski definition) is 4. The van der Waals surface area contributed by atoms with Crippen molar-refractivity contribution >= 4 is 38.9 Å². The maximum absolute atomic E-state index is 13.8. The Kier molecular flexibility index (Phi) is 5.62. The van der Waals surface area contributed by atoms with Crippen molar-refractivity contribution in [2.75, 3.05) is 10.0 Å². The van der Waals surface area contributed by atoms with Crippen molar-refractivity contribution in [2.45, 2.75) is 11.8 Å². The van der Waals surface area contributed by atoms with Gasteiger partial charge in [0, 0.05) is 17.4 Å². The Morgan fingerprint density at radius 3 is 2.57 bits per heavy atom. The van der Waals surface area contributed by atoms with Crippen LogP contribution in [-0.2, 0) is 10.0 Å². The van der Waals surface area contributed by atoms with E-state index < -0.39 is 21.7 Å². The highest BCUT2D eigenvalue weighted by Gasteiger charge is 2.20. The lowest BCUT2D eigenvalue weighted by Crippen LogP contribution is -2.17. The molecule has 0 radical (unpaired) electrons. The standard InChI is InChI=1S/C19H15ClFN3O3S/c1-12-6-7-14(23-19(25)13-8-9-22-18(20)10-13)11-17(12)28(26,27)24-16-5-3-2-4-15(16)21/h2-11,24H,1H3,(H,23,25). The van der Waals surface area contributed by atoms with Gasteiger partial charge in [0.1, 0.15) is 11.0 Å². The van der Waals surface area contributed by atoms with Gasteiger partial charge >= 0.3 is 0 Å². The van der Waals surface area contributed by atoms with Crippen LogP contribution in [0.25, 0.3) is 0 Å². The molecule has 1 amide bonds. The molecule has 0 aliphatic heterocycles. The molecule has 0 aliphatic rings. The number of hydrogen-bond donors (Lipinski definition) is 2. The second-order valence-corrected chi connectivity index (χ2v) is 7.93.